The fourth-order valence-corrected chi connectivity index (χ4v) is 11.9. The van der Waals surface area contributed by atoms with Crippen molar-refractivity contribution in [3.05, 3.63) is 265 Å². The Balaban J connectivity index is 1.06. The van der Waals surface area contributed by atoms with Gasteiger partial charge in [0.15, 0.2) is 0 Å². The van der Waals surface area contributed by atoms with Crippen molar-refractivity contribution >= 4 is 70.4 Å². The molecule has 0 saturated carbocycles. The predicted molar refractivity (Wildman–Crippen MR) is 271 cm³/mol. The van der Waals surface area contributed by atoms with Crippen LogP contribution >= 0.6 is 11.3 Å². The molecule has 0 atom stereocenters. The maximum atomic E-state index is 2.50. The van der Waals surface area contributed by atoms with Gasteiger partial charge in [0.1, 0.15) is 0 Å². The summed E-state index contributed by atoms with van der Waals surface area (Å²) >= 11 is 1.87. The van der Waals surface area contributed by atoms with Gasteiger partial charge in [0.2, 0.25) is 0 Å². The molecule has 2 aromatic heterocycles. The van der Waals surface area contributed by atoms with Gasteiger partial charge in [-0.1, -0.05) is 182 Å². The van der Waals surface area contributed by atoms with Crippen molar-refractivity contribution in [2.45, 2.75) is 5.41 Å². The van der Waals surface area contributed by atoms with Gasteiger partial charge in [0, 0.05) is 43.3 Å². The summed E-state index contributed by atoms with van der Waals surface area (Å²) in [6.07, 6.45) is 0. The average Bonchev–Trinajstić information content (AvgIpc) is 4.01. The van der Waals surface area contributed by atoms with Crippen molar-refractivity contribution in [3.8, 4) is 27.9 Å². The minimum atomic E-state index is -0.520. The Hall–Kier alpha value is -7.98. The van der Waals surface area contributed by atoms with Crippen LogP contribution in [-0.4, -0.2) is 4.57 Å². The second-order valence-corrected chi connectivity index (χ2v) is 17.9. The molecule has 0 aliphatic heterocycles. The molecular weight excluding hydrogens is 793 g/mol. The van der Waals surface area contributed by atoms with E-state index < -0.39 is 5.41 Å². The summed E-state index contributed by atoms with van der Waals surface area (Å²) in [5.74, 6) is 0. The highest BCUT2D eigenvalue weighted by molar-refractivity contribution is 7.26. The molecule has 0 amide bonds. The average molecular weight is 833 g/mol. The lowest BCUT2D eigenvalue weighted by atomic mass is 9.67. The number of rotatable bonds is 7. The van der Waals surface area contributed by atoms with Crippen LogP contribution in [0.3, 0.4) is 0 Å². The normalized spacial score (nSPS) is 12.8. The van der Waals surface area contributed by atoms with E-state index in [0.717, 1.165) is 28.3 Å². The molecule has 0 N–H and O–H groups in total. The Kier molecular flexibility index (Phi) is 8.34. The van der Waals surface area contributed by atoms with Crippen molar-refractivity contribution in [2.75, 3.05) is 4.90 Å². The first kappa shape index (κ1) is 36.7. The molecule has 300 valence electrons. The van der Waals surface area contributed by atoms with Crippen molar-refractivity contribution in [1.29, 1.82) is 0 Å². The minimum absolute atomic E-state index is 0.520. The van der Waals surface area contributed by atoms with Crippen LogP contribution in [0.5, 0.6) is 0 Å². The number of thiophene rings is 1. The summed E-state index contributed by atoms with van der Waals surface area (Å²) in [6.45, 7) is 0. The van der Waals surface area contributed by atoms with E-state index in [1.165, 1.54) is 80.9 Å². The number of para-hydroxylation sites is 2. The van der Waals surface area contributed by atoms with Gasteiger partial charge in [0.05, 0.1) is 26.8 Å². The molecule has 0 spiro atoms. The molecule has 0 radical (unpaired) electrons. The van der Waals surface area contributed by atoms with E-state index in [1.807, 2.05) is 11.3 Å². The smallest absolute Gasteiger partial charge is 0.0714 e. The molecule has 13 rings (SSSR count). The fourth-order valence-electron chi connectivity index (χ4n) is 10.7. The van der Waals surface area contributed by atoms with Crippen LogP contribution in [0.25, 0.3) is 69.9 Å². The number of benzene rings is 10. The van der Waals surface area contributed by atoms with Gasteiger partial charge >= 0.3 is 0 Å². The molecular formula is C61H40N2S. The molecule has 10 aromatic carbocycles. The number of aromatic nitrogens is 1. The second kappa shape index (κ2) is 14.6. The number of nitrogens with zero attached hydrogens (tertiary/aromatic N) is 2. The third kappa shape index (κ3) is 5.44. The third-order valence-corrected chi connectivity index (χ3v) is 14.7. The number of fused-ring (bicyclic) bond motifs is 9. The Morgan fingerprint density at radius 2 is 0.984 bits per heavy atom. The van der Waals surface area contributed by atoms with E-state index in [1.54, 1.807) is 0 Å². The van der Waals surface area contributed by atoms with Crippen molar-refractivity contribution in [3.63, 3.8) is 0 Å². The molecule has 3 heteroatoms. The van der Waals surface area contributed by atoms with Crippen molar-refractivity contribution in [1.82, 2.24) is 4.57 Å². The molecule has 12 aromatic rings. The summed E-state index contributed by atoms with van der Waals surface area (Å²) in [4.78, 5) is 2.50. The van der Waals surface area contributed by atoms with Crippen molar-refractivity contribution < 1.29 is 0 Å². The SMILES string of the molecule is c1ccc(-n2c3ccccc3c3ccc(-c4cccc(N(c5ccc6c(c5)C(c5ccccc5)(c5ccccc5)c5ccccc5-6)c5cccc6c5sc5ccccc56)c4)cc32)cc1. The van der Waals surface area contributed by atoms with Gasteiger partial charge in [-0.05, 0) is 105 Å². The third-order valence-electron chi connectivity index (χ3n) is 13.5. The van der Waals surface area contributed by atoms with E-state index in [2.05, 4.69) is 252 Å². The van der Waals surface area contributed by atoms with E-state index >= 15 is 0 Å². The molecule has 0 unspecified atom stereocenters. The Bertz CT molecular complexity index is 3690. The minimum Gasteiger partial charge on any atom is -0.309 e. The fraction of sp³-hybridized carbons (Fsp3) is 0.0164. The molecule has 1 aliphatic carbocycles. The van der Waals surface area contributed by atoms with Gasteiger partial charge in [-0.25, -0.2) is 0 Å². The van der Waals surface area contributed by atoms with Gasteiger partial charge in [-0.2, -0.15) is 0 Å². The van der Waals surface area contributed by atoms with Crippen LogP contribution in [-0.2, 0) is 5.41 Å². The van der Waals surface area contributed by atoms with E-state index in [9.17, 15) is 0 Å². The molecule has 0 fully saturated rings. The highest BCUT2D eigenvalue weighted by Crippen LogP contribution is 2.57. The molecule has 1 aliphatic rings. The van der Waals surface area contributed by atoms with Crippen LogP contribution in [0.4, 0.5) is 17.1 Å². The molecule has 2 heterocycles. The number of anilines is 3. The van der Waals surface area contributed by atoms with Gasteiger partial charge in [0.25, 0.3) is 0 Å². The highest BCUT2D eigenvalue weighted by atomic mass is 32.1. The van der Waals surface area contributed by atoms with Gasteiger partial charge in [-0.15, -0.1) is 11.3 Å². The maximum Gasteiger partial charge on any atom is 0.0714 e. The first-order valence-corrected chi connectivity index (χ1v) is 22.8. The zero-order valence-corrected chi connectivity index (χ0v) is 35.7. The largest absolute Gasteiger partial charge is 0.309 e. The lowest BCUT2D eigenvalue weighted by Crippen LogP contribution is -2.28. The lowest BCUT2D eigenvalue weighted by molar-refractivity contribution is 0.768. The van der Waals surface area contributed by atoms with Crippen molar-refractivity contribution in [2.24, 2.45) is 0 Å². The first-order chi connectivity index (χ1) is 31.8. The summed E-state index contributed by atoms with van der Waals surface area (Å²) in [5.41, 5.74) is 16.4. The monoisotopic (exact) mass is 832 g/mol. The summed E-state index contributed by atoms with van der Waals surface area (Å²) in [6, 6.07) is 89.6. The quantitative estimate of drug-likeness (QED) is 0.155. The van der Waals surface area contributed by atoms with Crippen LogP contribution in [0.1, 0.15) is 22.3 Å². The predicted octanol–water partition coefficient (Wildman–Crippen LogP) is 16.7. The Morgan fingerprint density at radius 1 is 0.375 bits per heavy atom. The summed E-state index contributed by atoms with van der Waals surface area (Å²) in [5, 5.41) is 5.06. The van der Waals surface area contributed by atoms with Crippen LogP contribution in [0.15, 0.2) is 243 Å². The molecule has 0 bridgehead atoms. The Morgan fingerprint density at radius 3 is 1.80 bits per heavy atom. The molecule has 2 nitrogen and oxygen atoms in total. The van der Waals surface area contributed by atoms with Crippen LogP contribution < -0.4 is 4.90 Å². The van der Waals surface area contributed by atoms with Crippen LogP contribution in [0, 0.1) is 0 Å². The zero-order chi connectivity index (χ0) is 42.2. The van der Waals surface area contributed by atoms with E-state index in [4.69, 9.17) is 0 Å². The second-order valence-electron chi connectivity index (χ2n) is 16.8. The van der Waals surface area contributed by atoms with E-state index in [0.29, 0.717) is 0 Å². The molecule has 64 heavy (non-hydrogen) atoms. The lowest BCUT2D eigenvalue weighted by Gasteiger charge is -2.35. The van der Waals surface area contributed by atoms with Crippen LogP contribution in [0.2, 0.25) is 0 Å². The summed E-state index contributed by atoms with van der Waals surface area (Å²) in [7, 11) is 0. The highest BCUT2D eigenvalue weighted by Gasteiger charge is 2.46. The number of hydrogen-bond donors (Lipinski definition) is 0. The number of hydrogen-bond acceptors (Lipinski definition) is 2. The van der Waals surface area contributed by atoms with E-state index in [-0.39, 0.29) is 0 Å². The molecule has 0 saturated heterocycles. The van der Waals surface area contributed by atoms with Gasteiger partial charge in [-0.3, -0.25) is 0 Å². The summed E-state index contributed by atoms with van der Waals surface area (Å²) < 4.78 is 4.96. The standard InChI is InChI=1S/C61H40N2S/c1-4-19-43(20-5-1)61(44-21-6-2-7-22-44)54-30-13-10-26-48(54)49-37-35-47(40-55(49)61)62(57-32-17-29-53-52-28-12-15-33-59(52)64-60(53)57)46-25-16-18-41(38-46)42-34-36-51-50-27-11-14-31-56(50)63(58(51)39-42)45-23-8-3-9-24-45/h1-40H. The zero-order valence-electron chi connectivity index (χ0n) is 34.9. The Labute approximate surface area is 376 Å². The topological polar surface area (TPSA) is 8.17 Å². The maximum absolute atomic E-state index is 2.50. The van der Waals surface area contributed by atoms with Gasteiger partial charge < -0.3 is 9.47 Å². The first-order valence-electron chi connectivity index (χ1n) is 22.0.